The number of methoxy groups -OCH3 is 1. The first-order chi connectivity index (χ1) is 8.70. The lowest BCUT2D eigenvalue weighted by Gasteiger charge is -2.08. The van der Waals surface area contributed by atoms with Gasteiger partial charge in [0.1, 0.15) is 16.6 Å². The van der Waals surface area contributed by atoms with Crippen LogP contribution in [0.2, 0.25) is 5.15 Å². The Balaban J connectivity index is 2.18. The van der Waals surface area contributed by atoms with E-state index in [4.69, 9.17) is 16.3 Å². The molecular weight excluding hydrogens is 254 g/mol. The van der Waals surface area contributed by atoms with E-state index in [-0.39, 0.29) is 16.8 Å². The number of amides is 1. The highest BCUT2D eigenvalue weighted by atomic mass is 35.5. The van der Waals surface area contributed by atoms with Crippen molar-refractivity contribution in [2.45, 2.75) is 0 Å². The molecule has 5 nitrogen and oxygen atoms in total. The molecule has 1 aromatic carbocycles. The number of rotatable bonds is 3. The van der Waals surface area contributed by atoms with Crippen LogP contribution in [0.4, 0.5) is 5.69 Å². The molecule has 18 heavy (non-hydrogen) atoms. The minimum atomic E-state index is -0.372. The Hall–Kier alpha value is -2.14. The lowest BCUT2D eigenvalue weighted by molar-refractivity contribution is 0.102. The van der Waals surface area contributed by atoms with Crippen LogP contribution in [0.25, 0.3) is 0 Å². The highest BCUT2D eigenvalue weighted by Crippen LogP contribution is 2.23. The highest BCUT2D eigenvalue weighted by Gasteiger charge is 2.10. The number of nitrogens with zero attached hydrogens (tertiary/aromatic N) is 2. The van der Waals surface area contributed by atoms with Gasteiger partial charge in [0.05, 0.1) is 25.2 Å². The zero-order valence-corrected chi connectivity index (χ0v) is 10.3. The summed E-state index contributed by atoms with van der Waals surface area (Å²) in [6.07, 6.45) is 2.63. The van der Waals surface area contributed by atoms with Gasteiger partial charge in [0.2, 0.25) is 0 Å². The van der Waals surface area contributed by atoms with Crippen LogP contribution in [-0.2, 0) is 0 Å². The Labute approximate surface area is 109 Å². The molecule has 1 heterocycles. The molecule has 92 valence electrons. The molecule has 0 aliphatic carbocycles. The average molecular weight is 264 g/mol. The van der Waals surface area contributed by atoms with Gasteiger partial charge in [0.25, 0.3) is 5.91 Å². The quantitative estimate of drug-likeness (QED) is 0.923. The van der Waals surface area contributed by atoms with Gasteiger partial charge in [0, 0.05) is 0 Å². The summed E-state index contributed by atoms with van der Waals surface area (Å²) in [7, 11) is 1.53. The fourth-order valence-corrected chi connectivity index (χ4v) is 1.46. The Morgan fingerprint density at radius 1 is 1.28 bits per heavy atom. The smallest absolute Gasteiger partial charge is 0.275 e. The van der Waals surface area contributed by atoms with E-state index < -0.39 is 0 Å². The van der Waals surface area contributed by atoms with Crippen LogP contribution in [0.3, 0.4) is 0 Å². The second kappa shape index (κ2) is 5.46. The number of anilines is 1. The maximum absolute atomic E-state index is 11.9. The van der Waals surface area contributed by atoms with E-state index >= 15 is 0 Å². The maximum Gasteiger partial charge on any atom is 0.275 e. The Kier molecular flexibility index (Phi) is 3.74. The molecule has 0 radical (unpaired) electrons. The molecule has 2 rings (SSSR count). The highest BCUT2D eigenvalue weighted by molar-refractivity contribution is 6.29. The minimum Gasteiger partial charge on any atom is -0.495 e. The van der Waals surface area contributed by atoms with E-state index in [2.05, 4.69) is 15.3 Å². The molecule has 2 aromatic rings. The predicted molar refractivity (Wildman–Crippen MR) is 68.0 cm³/mol. The van der Waals surface area contributed by atoms with Gasteiger partial charge >= 0.3 is 0 Å². The van der Waals surface area contributed by atoms with Gasteiger partial charge in [-0.25, -0.2) is 9.97 Å². The Morgan fingerprint density at radius 3 is 2.72 bits per heavy atom. The summed E-state index contributed by atoms with van der Waals surface area (Å²) in [6, 6.07) is 7.10. The number of aromatic nitrogens is 2. The predicted octanol–water partition coefficient (Wildman–Crippen LogP) is 2.39. The van der Waals surface area contributed by atoms with Crippen LogP contribution in [0.1, 0.15) is 10.5 Å². The average Bonchev–Trinajstić information content (AvgIpc) is 2.40. The molecule has 1 aromatic heterocycles. The molecule has 0 aliphatic rings. The molecule has 1 amide bonds. The van der Waals surface area contributed by atoms with Crippen LogP contribution >= 0.6 is 11.6 Å². The van der Waals surface area contributed by atoms with Crippen LogP contribution < -0.4 is 10.1 Å². The summed E-state index contributed by atoms with van der Waals surface area (Å²) in [4.78, 5) is 19.6. The lowest BCUT2D eigenvalue weighted by Crippen LogP contribution is -2.14. The topological polar surface area (TPSA) is 64.1 Å². The van der Waals surface area contributed by atoms with Gasteiger partial charge in [-0.15, -0.1) is 0 Å². The van der Waals surface area contributed by atoms with Crippen molar-refractivity contribution in [1.29, 1.82) is 0 Å². The number of benzene rings is 1. The second-order valence-corrected chi connectivity index (χ2v) is 3.77. The van der Waals surface area contributed by atoms with Crippen molar-refractivity contribution in [2.75, 3.05) is 12.4 Å². The molecule has 0 unspecified atom stereocenters. The summed E-state index contributed by atoms with van der Waals surface area (Å²) < 4.78 is 5.13. The maximum atomic E-state index is 11.9. The normalized spacial score (nSPS) is 9.89. The lowest BCUT2D eigenvalue weighted by atomic mass is 10.3. The van der Waals surface area contributed by atoms with Crippen LogP contribution in [0.15, 0.2) is 36.7 Å². The van der Waals surface area contributed by atoms with Gasteiger partial charge in [-0.05, 0) is 12.1 Å². The molecule has 0 atom stereocenters. The molecule has 0 aliphatic heterocycles. The van der Waals surface area contributed by atoms with Crippen molar-refractivity contribution in [3.8, 4) is 5.75 Å². The molecule has 0 saturated heterocycles. The summed E-state index contributed by atoms with van der Waals surface area (Å²) in [5.74, 6) is 0.205. The fraction of sp³-hybridized carbons (Fsp3) is 0.0833. The largest absolute Gasteiger partial charge is 0.495 e. The summed E-state index contributed by atoms with van der Waals surface area (Å²) in [5, 5.41) is 2.93. The summed E-state index contributed by atoms with van der Waals surface area (Å²) in [5.41, 5.74) is 0.757. The molecule has 0 fully saturated rings. The molecule has 1 N–H and O–H groups in total. The third-order valence-corrected chi connectivity index (χ3v) is 2.40. The number of carbonyl (C=O) groups is 1. The first-order valence-electron chi connectivity index (χ1n) is 5.12. The van der Waals surface area contributed by atoms with Crippen LogP contribution in [-0.4, -0.2) is 23.0 Å². The number of hydrogen-bond acceptors (Lipinski definition) is 4. The van der Waals surface area contributed by atoms with Gasteiger partial charge in [-0.2, -0.15) is 0 Å². The molecule has 0 spiro atoms. The van der Waals surface area contributed by atoms with Gasteiger partial charge in [-0.3, -0.25) is 4.79 Å². The van der Waals surface area contributed by atoms with E-state index in [0.29, 0.717) is 11.4 Å². The Bertz CT molecular complexity index is 558. The van der Waals surface area contributed by atoms with E-state index in [1.807, 2.05) is 6.07 Å². The third kappa shape index (κ3) is 2.75. The number of ether oxygens (including phenoxy) is 1. The first kappa shape index (κ1) is 12.3. The Morgan fingerprint density at radius 2 is 2.06 bits per heavy atom. The summed E-state index contributed by atoms with van der Waals surface area (Å²) in [6.45, 7) is 0. The number of hydrogen-bond donors (Lipinski definition) is 1. The number of nitrogens with one attached hydrogen (secondary N) is 1. The van der Waals surface area contributed by atoms with Crippen molar-refractivity contribution in [1.82, 2.24) is 9.97 Å². The molecule has 6 heteroatoms. The minimum absolute atomic E-state index is 0.185. The van der Waals surface area contributed by atoms with Crippen molar-refractivity contribution in [3.05, 3.63) is 47.5 Å². The molecule has 0 bridgehead atoms. The van der Waals surface area contributed by atoms with Crippen molar-refractivity contribution in [3.63, 3.8) is 0 Å². The third-order valence-electron chi connectivity index (χ3n) is 2.21. The monoisotopic (exact) mass is 263 g/mol. The van der Waals surface area contributed by atoms with Gasteiger partial charge < -0.3 is 10.1 Å². The van der Waals surface area contributed by atoms with E-state index in [1.165, 1.54) is 19.5 Å². The van der Waals surface area contributed by atoms with Crippen LogP contribution in [0.5, 0.6) is 5.75 Å². The van der Waals surface area contributed by atoms with Crippen molar-refractivity contribution in [2.24, 2.45) is 0 Å². The number of para-hydroxylation sites is 2. The van der Waals surface area contributed by atoms with Gasteiger partial charge in [0.15, 0.2) is 0 Å². The first-order valence-corrected chi connectivity index (χ1v) is 5.50. The standard InChI is InChI=1S/C12H10ClN3O2/c1-18-10-5-3-2-4-8(10)16-12(17)9-6-15-11(13)7-14-9/h2-7H,1H3,(H,16,17). The summed E-state index contributed by atoms with van der Waals surface area (Å²) >= 11 is 5.60. The zero-order valence-electron chi connectivity index (χ0n) is 9.55. The van der Waals surface area contributed by atoms with Gasteiger partial charge in [-0.1, -0.05) is 23.7 Å². The van der Waals surface area contributed by atoms with E-state index in [0.717, 1.165) is 0 Å². The molecular formula is C12H10ClN3O2. The fourth-order valence-electron chi connectivity index (χ4n) is 1.36. The zero-order chi connectivity index (χ0) is 13.0. The molecule has 0 saturated carbocycles. The SMILES string of the molecule is COc1ccccc1NC(=O)c1cnc(Cl)cn1. The number of halogens is 1. The second-order valence-electron chi connectivity index (χ2n) is 3.38. The van der Waals surface area contributed by atoms with Crippen LogP contribution in [0, 0.1) is 0 Å². The van der Waals surface area contributed by atoms with E-state index in [9.17, 15) is 4.79 Å². The van der Waals surface area contributed by atoms with E-state index in [1.54, 1.807) is 18.2 Å². The number of carbonyl (C=O) groups excluding carboxylic acids is 1. The van der Waals surface area contributed by atoms with Crippen molar-refractivity contribution < 1.29 is 9.53 Å². The van der Waals surface area contributed by atoms with Crippen molar-refractivity contribution >= 4 is 23.2 Å².